The molecule has 0 aromatic carbocycles. The maximum Gasteiger partial charge on any atom is 3.00 e. The van der Waals surface area contributed by atoms with Gasteiger partial charge in [0.05, 0.1) is 0 Å². The van der Waals surface area contributed by atoms with Gasteiger partial charge in [0.1, 0.15) is 0 Å². The summed E-state index contributed by atoms with van der Waals surface area (Å²) in [6, 6.07) is 5.72. The molecule has 1 aliphatic carbocycles. The molecule has 4 atom stereocenters. The largest absolute Gasteiger partial charge is 3.00 e. The molecule has 167 valence electrons. The van der Waals surface area contributed by atoms with Gasteiger partial charge >= 0.3 is 17.4 Å². The molecule has 0 aliphatic heterocycles. The Morgan fingerprint density at radius 1 is 0.759 bits per heavy atom. The van der Waals surface area contributed by atoms with Gasteiger partial charge in [0, 0.05) is 12.4 Å². The molecular weight excluding hydrogens is 426 g/mol. The number of hydrogen-bond donors (Lipinski definition) is 0. The van der Waals surface area contributed by atoms with Crippen LogP contribution in [0.25, 0.3) is 9.63 Å². The van der Waals surface area contributed by atoms with Crippen LogP contribution in [-0.2, 0) is 17.4 Å². The smallest absolute Gasteiger partial charge is 0.682 e. The molecule has 0 N–H and O–H groups in total. The summed E-state index contributed by atoms with van der Waals surface area (Å²) in [5, 5.41) is 0. The molecule has 1 aromatic rings. The van der Waals surface area contributed by atoms with Gasteiger partial charge < -0.3 is 17.1 Å². The molecule has 1 saturated carbocycles. The van der Waals surface area contributed by atoms with Crippen LogP contribution in [0.5, 0.6) is 0 Å². The molecule has 1 aromatic heterocycles. The summed E-state index contributed by atoms with van der Waals surface area (Å²) in [5.41, 5.74) is 0.849. The van der Waals surface area contributed by atoms with Crippen molar-refractivity contribution in [2.75, 3.05) is 0 Å². The molecule has 2 rings (SSSR count). The van der Waals surface area contributed by atoms with Crippen LogP contribution in [0.4, 0.5) is 0 Å². The molecule has 4 unspecified atom stereocenters. The fraction of sp³-hybridized carbons (Fsp3) is 0.739. The molecule has 1 radical (unpaired) electrons. The van der Waals surface area contributed by atoms with E-state index >= 15 is 0 Å². The summed E-state index contributed by atoms with van der Waals surface area (Å²) in [6.45, 7) is 26.1. The first-order chi connectivity index (χ1) is 12.2. The molecule has 1 heterocycles. The maximum absolute atomic E-state index is 5.49. The van der Waals surface area contributed by atoms with Crippen molar-refractivity contribution in [2.24, 2.45) is 23.7 Å². The first kappa shape index (κ1) is 31.2. The van der Waals surface area contributed by atoms with E-state index in [0.29, 0.717) is 0 Å². The van der Waals surface area contributed by atoms with Gasteiger partial charge in [-0.2, -0.15) is 8.40 Å². The number of rotatable bonds is 4. The number of hydrogen-bond acceptors (Lipinski definition) is 1. The Bertz CT molecular complexity index is 520. The summed E-state index contributed by atoms with van der Waals surface area (Å²) in [6.07, 6.45) is 3.50. The molecular formula is C23H46CrN3Si2. The van der Waals surface area contributed by atoms with Gasteiger partial charge in [0.25, 0.3) is 0 Å². The first-order valence-electron chi connectivity index (χ1n) is 10.5. The third-order valence-electron chi connectivity index (χ3n) is 6.17. The number of pyridine rings is 1. The summed E-state index contributed by atoms with van der Waals surface area (Å²) in [4.78, 5) is 8.88. The zero-order chi connectivity index (χ0) is 21.0. The number of aromatic nitrogens is 1. The second-order valence-electron chi connectivity index (χ2n) is 10.5. The van der Waals surface area contributed by atoms with E-state index in [1.165, 1.54) is 0 Å². The molecule has 0 amide bonds. The molecule has 0 spiro atoms. The van der Waals surface area contributed by atoms with Crippen LogP contribution in [0.15, 0.2) is 30.6 Å². The van der Waals surface area contributed by atoms with Crippen LogP contribution in [0, 0.1) is 31.1 Å². The monoisotopic (exact) mass is 472 g/mol. The van der Waals surface area contributed by atoms with Crippen LogP contribution in [-0.4, -0.2) is 27.2 Å². The van der Waals surface area contributed by atoms with Gasteiger partial charge in [0.2, 0.25) is 0 Å². The predicted octanol–water partition coefficient (Wildman–Crippen LogP) is 7.90. The fourth-order valence-electron chi connectivity index (χ4n) is 5.32. The van der Waals surface area contributed by atoms with Crippen LogP contribution < -0.4 is 0 Å². The van der Waals surface area contributed by atoms with E-state index in [9.17, 15) is 0 Å². The van der Waals surface area contributed by atoms with Crippen LogP contribution in [0.1, 0.15) is 48.5 Å². The van der Waals surface area contributed by atoms with Gasteiger partial charge in [-0.3, -0.25) is 4.98 Å². The normalized spacial score (nSPS) is 27.2. The minimum Gasteiger partial charge on any atom is -0.682 e. The number of nitrogens with zero attached hydrogens (tertiary/aromatic N) is 3. The zero-order valence-corrected chi connectivity index (χ0v) is 24.3. The van der Waals surface area contributed by atoms with E-state index in [0.717, 1.165) is 29.2 Å². The van der Waals surface area contributed by atoms with Gasteiger partial charge in [-0.05, 0) is 35.8 Å². The van der Waals surface area contributed by atoms with Crippen LogP contribution in [0.2, 0.25) is 31.7 Å². The summed E-state index contributed by atoms with van der Waals surface area (Å²) >= 11 is 0. The second kappa shape index (κ2) is 12.2. The van der Waals surface area contributed by atoms with Crippen molar-refractivity contribution >= 4 is 16.6 Å². The maximum atomic E-state index is 5.49. The standard InChI is InChI=1S/C17H38N2Si2.C5H5N.CH3.Cr/c1-12-13(2)15(4)16(14(12)3)20(8,9)19-21(10,11)18-17(5,6)7;1-2-4-6-5-3-1;;/h12-16H,1-11H3;1-5H;1H3;/q-2;;-1;+3. The van der Waals surface area contributed by atoms with E-state index in [4.69, 9.17) is 9.63 Å². The SMILES string of the molecule is CC1C(C)C(C)C([Si](C)(C)[N-][Si](C)(C)[N-]C(C)(C)C)C1C.[CH3-].[Cr+3].c1ccncc1. The Balaban J connectivity index is 0. The van der Waals surface area contributed by atoms with Crippen molar-refractivity contribution in [1.82, 2.24) is 4.98 Å². The van der Waals surface area contributed by atoms with Crippen LogP contribution >= 0.6 is 0 Å². The van der Waals surface area contributed by atoms with Crippen molar-refractivity contribution in [3.8, 4) is 0 Å². The van der Waals surface area contributed by atoms with Gasteiger partial charge in [-0.25, -0.2) is 0 Å². The first-order valence-corrected chi connectivity index (χ1v) is 16.4. The Labute approximate surface area is 195 Å². The van der Waals surface area contributed by atoms with Crippen molar-refractivity contribution in [1.29, 1.82) is 0 Å². The van der Waals surface area contributed by atoms with Crippen molar-refractivity contribution in [2.45, 2.75) is 85.7 Å². The van der Waals surface area contributed by atoms with Crippen molar-refractivity contribution in [3.05, 3.63) is 47.6 Å². The fourth-order valence-corrected chi connectivity index (χ4v) is 16.6. The summed E-state index contributed by atoms with van der Waals surface area (Å²) in [7, 11) is -3.46. The third-order valence-corrected chi connectivity index (χ3v) is 14.6. The minimum atomic E-state index is -1.83. The second-order valence-corrected chi connectivity index (χ2v) is 18.6. The average Bonchev–Trinajstić information content (AvgIpc) is 2.70. The summed E-state index contributed by atoms with van der Waals surface area (Å²) < 4.78 is 5.49. The molecule has 6 heteroatoms. The van der Waals surface area contributed by atoms with Gasteiger partial charge in [0.15, 0.2) is 0 Å². The zero-order valence-electron chi connectivity index (χ0n) is 21.0. The van der Waals surface area contributed by atoms with Crippen LogP contribution in [0.3, 0.4) is 0 Å². The van der Waals surface area contributed by atoms with Crippen molar-refractivity contribution < 1.29 is 17.4 Å². The molecule has 3 nitrogen and oxygen atoms in total. The van der Waals surface area contributed by atoms with E-state index < -0.39 is 16.6 Å². The quantitative estimate of drug-likeness (QED) is 0.324. The molecule has 0 bridgehead atoms. The average molecular weight is 473 g/mol. The Morgan fingerprint density at radius 3 is 1.45 bits per heavy atom. The topological polar surface area (TPSA) is 41.1 Å². The van der Waals surface area contributed by atoms with E-state index in [1.807, 2.05) is 18.2 Å². The minimum absolute atomic E-state index is 0. The Hall–Kier alpha value is 0.0362. The molecule has 1 aliphatic rings. The molecule has 29 heavy (non-hydrogen) atoms. The Kier molecular flexibility index (Phi) is 13.1. The van der Waals surface area contributed by atoms with E-state index in [2.05, 4.69) is 79.6 Å². The van der Waals surface area contributed by atoms with E-state index in [1.54, 1.807) is 12.4 Å². The van der Waals surface area contributed by atoms with Gasteiger partial charge in [-0.15, -0.1) is 18.6 Å². The summed E-state index contributed by atoms with van der Waals surface area (Å²) in [5.74, 6) is 3.27. The molecule has 0 saturated heterocycles. The van der Waals surface area contributed by atoms with Crippen molar-refractivity contribution in [3.63, 3.8) is 0 Å². The third kappa shape index (κ3) is 9.80. The van der Waals surface area contributed by atoms with E-state index in [-0.39, 0.29) is 30.3 Å². The van der Waals surface area contributed by atoms with Gasteiger partial charge in [-0.1, -0.05) is 81.4 Å². The Morgan fingerprint density at radius 2 is 1.17 bits per heavy atom. The molecule has 1 fully saturated rings. The predicted molar refractivity (Wildman–Crippen MR) is 132 cm³/mol.